The number of benzene rings is 1. The van der Waals surface area contributed by atoms with Crippen LogP contribution in [0.3, 0.4) is 0 Å². The number of amides is 2. The summed E-state index contributed by atoms with van der Waals surface area (Å²) >= 11 is 0. The van der Waals surface area contributed by atoms with Crippen LogP contribution in [0.15, 0.2) is 18.2 Å². The average Bonchev–Trinajstić information content (AvgIpc) is 2.47. The lowest BCUT2D eigenvalue weighted by Gasteiger charge is -2.10. The summed E-state index contributed by atoms with van der Waals surface area (Å²) in [6, 6.07) is 5.33. The first-order chi connectivity index (χ1) is 10.1. The number of ether oxygens (including phenoxy) is 1. The van der Waals surface area contributed by atoms with Gasteiger partial charge in [-0.15, -0.1) is 0 Å². The smallest absolute Gasteiger partial charge is 0.253 e. The van der Waals surface area contributed by atoms with E-state index < -0.39 is 0 Å². The number of methoxy groups -OCH3 is 1. The highest BCUT2D eigenvalue weighted by Gasteiger charge is 2.11. The van der Waals surface area contributed by atoms with E-state index in [9.17, 15) is 9.59 Å². The van der Waals surface area contributed by atoms with Crippen LogP contribution in [0.2, 0.25) is 0 Å². The lowest BCUT2D eigenvalue weighted by Crippen LogP contribution is -2.32. The minimum atomic E-state index is -0.267. The van der Waals surface area contributed by atoms with Crippen molar-refractivity contribution in [1.29, 1.82) is 0 Å². The Labute approximate surface area is 124 Å². The second-order valence-corrected chi connectivity index (χ2v) is 4.54. The molecule has 0 aliphatic rings. The summed E-state index contributed by atoms with van der Waals surface area (Å²) in [5.74, 6) is 4.98. The Balaban J connectivity index is 2.44. The first-order valence-corrected chi connectivity index (χ1v) is 6.69. The highest BCUT2D eigenvalue weighted by molar-refractivity contribution is 5.99. The fourth-order valence-electron chi connectivity index (χ4n) is 1.74. The largest absolute Gasteiger partial charge is 0.383 e. The number of anilines is 1. The van der Waals surface area contributed by atoms with Crippen LogP contribution in [0.25, 0.3) is 0 Å². The molecule has 2 amide bonds. The van der Waals surface area contributed by atoms with E-state index in [-0.39, 0.29) is 24.8 Å². The molecule has 7 heteroatoms. The van der Waals surface area contributed by atoms with Crippen LogP contribution in [0, 0.1) is 6.92 Å². The number of aryl methyl sites for hydroxylation is 1. The Kier molecular flexibility index (Phi) is 7.20. The topological polar surface area (TPSA) is 105 Å². The fourth-order valence-corrected chi connectivity index (χ4v) is 1.74. The molecule has 7 nitrogen and oxygen atoms in total. The van der Waals surface area contributed by atoms with E-state index in [1.54, 1.807) is 19.2 Å². The second-order valence-electron chi connectivity index (χ2n) is 4.54. The molecule has 0 bridgehead atoms. The van der Waals surface area contributed by atoms with Gasteiger partial charge in [0.1, 0.15) is 0 Å². The van der Waals surface area contributed by atoms with Crippen molar-refractivity contribution < 1.29 is 14.3 Å². The van der Waals surface area contributed by atoms with Crippen LogP contribution < -0.4 is 21.9 Å². The average molecular weight is 294 g/mol. The highest BCUT2D eigenvalue weighted by Crippen LogP contribution is 2.15. The van der Waals surface area contributed by atoms with Crippen LogP contribution in [0.1, 0.15) is 22.3 Å². The third-order valence-electron chi connectivity index (χ3n) is 2.84. The molecule has 0 aliphatic carbocycles. The lowest BCUT2D eigenvalue weighted by atomic mass is 10.1. The number of carbonyl (C=O) groups excluding carboxylic acids is 2. The minimum Gasteiger partial charge on any atom is -0.383 e. The third-order valence-corrected chi connectivity index (χ3v) is 2.84. The maximum absolute atomic E-state index is 12.1. The maximum atomic E-state index is 12.1. The summed E-state index contributed by atoms with van der Waals surface area (Å²) in [5.41, 5.74) is 4.44. The molecule has 0 atom stereocenters. The number of hydrogen-bond acceptors (Lipinski definition) is 5. The fraction of sp³-hybridized carbons (Fsp3) is 0.429. The Morgan fingerprint density at radius 2 is 2.00 bits per heavy atom. The number of nitrogen functional groups attached to an aromatic ring is 1. The first kappa shape index (κ1) is 16.9. The second kappa shape index (κ2) is 8.93. The molecule has 21 heavy (non-hydrogen) atoms. The zero-order chi connectivity index (χ0) is 15.7. The number of hydrogen-bond donors (Lipinski definition) is 4. The Hall–Kier alpha value is -2.12. The number of nitrogens with two attached hydrogens (primary N) is 1. The molecule has 0 spiro atoms. The summed E-state index contributed by atoms with van der Waals surface area (Å²) in [7, 11) is 1.57. The summed E-state index contributed by atoms with van der Waals surface area (Å²) < 4.78 is 4.83. The Bertz CT molecular complexity index is 491. The minimum absolute atomic E-state index is 0.131. The van der Waals surface area contributed by atoms with Crippen LogP contribution >= 0.6 is 0 Å². The molecule has 0 saturated carbocycles. The van der Waals surface area contributed by atoms with E-state index in [0.717, 1.165) is 5.56 Å². The van der Waals surface area contributed by atoms with Crippen molar-refractivity contribution in [1.82, 2.24) is 10.6 Å². The van der Waals surface area contributed by atoms with Gasteiger partial charge in [-0.25, -0.2) is 0 Å². The van der Waals surface area contributed by atoms with E-state index in [2.05, 4.69) is 16.1 Å². The predicted octanol–water partition coefficient (Wildman–Crippen LogP) is 0.163. The summed E-state index contributed by atoms with van der Waals surface area (Å²) in [5, 5.41) is 5.38. The Morgan fingerprint density at radius 3 is 2.67 bits per heavy atom. The summed E-state index contributed by atoms with van der Waals surface area (Å²) in [6.45, 7) is 3.07. The first-order valence-electron chi connectivity index (χ1n) is 6.69. The van der Waals surface area contributed by atoms with Crippen molar-refractivity contribution in [2.45, 2.75) is 13.3 Å². The van der Waals surface area contributed by atoms with Crippen molar-refractivity contribution in [2.24, 2.45) is 5.84 Å². The van der Waals surface area contributed by atoms with Crippen LogP contribution in [-0.4, -0.2) is 38.6 Å². The molecule has 116 valence electrons. The SMILES string of the molecule is COCCNC(=O)CCNC(=O)c1cc(C)ccc1NN. The van der Waals surface area contributed by atoms with Crippen LogP contribution in [-0.2, 0) is 9.53 Å². The number of carbonyl (C=O) groups is 2. The number of hydrazine groups is 1. The molecule has 0 aromatic heterocycles. The van der Waals surface area contributed by atoms with Gasteiger partial charge in [0.15, 0.2) is 0 Å². The standard InChI is InChI=1S/C14H22N4O3/c1-10-3-4-12(18-15)11(9-10)14(20)17-6-5-13(19)16-7-8-21-2/h3-4,9,18H,5-8,15H2,1-2H3,(H,16,19)(H,17,20). The normalized spacial score (nSPS) is 10.0. The van der Waals surface area contributed by atoms with Crippen LogP contribution in [0.4, 0.5) is 5.69 Å². The van der Waals surface area contributed by atoms with Gasteiger partial charge in [-0.05, 0) is 19.1 Å². The van der Waals surface area contributed by atoms with Crippen molar-refractivity contribution in [3.63, 3.8) is 0 Å². The predicted molar refractivity (Wildman–Crippen MR) is 80.8 cm³/mol. The molecule has 1 aromatic carbocycles. The van der Waals surface area contributed by atoms with E-state index in [4.69, 9.17) is 10.6 Å². The molecule has 0 saturated heterocycles. The van der Waals surface area contributed by atoms with Gasteiger partial charge in [0, 0.05) is 26.6 Å². The molecular formula is C14H22N4O3. The molecule has 1 rings (SSSR count). The molecular weight excluding hydrogens is 272 g/mol. The lowest BCUT2D eigenvalue weighted by molar-refractivity contribution is -0.121. The van der Waals surface area contributed by atoms with E-state index >= 15 is 0 Å². The van der Waals surface area contributed by atoms with Gasteiger partial charge in [0.25, 0.3) is 5.91 Å². The van der Waals surface area contributed by atoms with Crippen LogP contribution in [0.5, 0.6) is 0 Å². The molecule has 0 heterocycles. The summed E-state index contributed by atoms with van der Waals surface area (Å²) in [6.07, 6.45) is 0.215. The number of nitrogens with one attached hydrogen (secondary N) is 3. The monoisotopic (exact) mass is 294 g/mol. The van der Waals surface area contributed by atoms with Crippen molar-refractivity contribution in [2.75, 3.05) is 32.2 Å². The molecule has 0 radical (unpaired) electrons. The zero-order valence-corrected chi connectivity index (χ0v) is 12.4. The number of rotatable bonds is 8. The van der Waals surface area contributed by atoms with Gasteiger partial charge < -0.3 is 20.8 Å². The molecule has 5 N–H and O–H groups in total. The molecule has 0 unspecified atom stereocenters. The van der Waals surface area contributed by atoms with Crippen molar-refractivity contribution >= 4 is 17.5 Å². The van der Waals surface area contributed by atoms with Gasteiger partial charge in [-0.3, -0.25) is 15.4 Å². The maximum Gasteiger partial charge on any atom is 0.253 e. The van der Waals surface area contributed by atoms with Gasteiger partial charge in [0.2, 0.25) is 5.91 Å². The third kappa shape index (κ3) is 5.80. The molecule has 0 fully saturated rings. The van der Waals surface area contributed by atoms with Crippen molar-refractivity contribution in [3.8, 4) is 0 Å². The highest BCUT2D eigenvalue weighted by atomic mass is 16.5. The van der Waals surface area contributed by atoms with E-state index in [0.29, 0.717) is 24.4 Å². The van der Waals surface area contributed by atoms with E-state index in [1.807, 2.05) is 13.0 Å². The molecule has 0 aliphatic heterocycles. The van der Waals surface area contributed by atoms with Crippen molar-refractivity contribution in [3.05, 3.63) is 29.3 Å². The Morgan fingerprint density at radius 1 is 1.24 bits per heavy atom. The molecule has 1 aromatic rings. The van der Waals surface area contributed by atoms with Gasteiger partial charge >= 0.3 is 0 Å². The summed E-state index contributed by atoms with van der Waals surface area (Å²) in [4.78, 5) is 23.5. The quantitative estimate of drug-likeness (QED) is 0.310. The van der Waals surface area contributed by atoms with Gasteiger partial charge in [0.05, 0.1) is 17.9 Å². The van der Waals surface area contributed by atoms with Gasteiger partial charge in [-0.1, -0.05) is 11.6 Å². The van der Waals surface area contributed by atoms with Gasteiger partial charge in [-0.2, -0.15) is 0 Å². The van der Waals surface area contributed by atoms with E-state index in [1.165, 1.54) is 0 Å². The zero-order valence-electron chi connectivity index (χ0n) is 12.4.